The van der Waals surface area contributed by atoms with Crippen LogP contribution in [0.3, 0.4) is 0 Å². The number of ether oxygens (including phenoxy) is 1. The van der Waals surface area contributed by atoms with E-state index < -0.39 is 9.84 Å². The minimum absolute atomic E-state index is 0. The first-order valence-corrected chi connectivity index (χ1v) is 15.0. The van der Waals surface area contributed by atoms with Crippen LogP contribution in [0.4, 0.5) is 0 Å². The third-order valence-electron chi connectivity index (χ3n) is 6.65. The maximum atomic E-state index is 13.8. The average molecular weight is 570 g/mol. The molecule has 0 saturated heterocycles. The highest BCUT2D eigenvalue weighted by molar-refractivity contribution is 7.91. The monoisotopic (exact) mass is 568 g/mol. The SMILES string of the molecule is CCCCN(CCCC)CCCOc1ccc(S(=O)(=O)c2c(C(C)C)c3cc(Cl)ccc3n2C)cc1.Cl. The lowest BCUT2D eigenvalue weighted by Crippen LogP contribution is -2.28. The van der Waals surface area contributed by atoms with E-state index in [0.717, 1.165) is 42.5 Å². The van der Waals surface area contributed by atoms with Crippen molar-refractivity contribution < 1.29 is 13.2 Å². The lowest BCUT2D eigenvalue weighted by Gasteiger charge is -2.21. The fourth-order valence-corrected chi connectivity index (χ4v) is 6.69. The van der Waals surface area contributed by atoms with Gasteiger partial charge in [-0.1, -0.05) is 52.1 Å². The summed E-state index contributed by atoms with van der Waals surface area (Å²) >= 11 is 6.24. The Morgan fingerprint density at radius 3 is 2.11 bits per heavy atom. The standard InChI is InChI=1S/C29H41ClN2O3S.ClH/c1-6-8-17-32(18-9-7-2)19-10-20-35-24-12-14-25(15-13-24)36(33,34)29-28(22(3)4)26-21-23(30)11-16-27(26)31(29)5;/h11-16,21-22H,6-10,17-20H2,1-5H3;1H. The number of rotatable bonds is 14. The first kappa shape index (κ1) is 31.5. The molecule has 0 atom stereocenters. The van der Waals surface area contributed by atoms with Gasteiger partial charge in [0.2, 0.25) is 9.84 Å². The Labute approximate surface area is 234 Å². The second-order valence-electron chi connectivity index (χ2n) is 9.82. The molecule has 5 nitrogen and oxygen atoms in total. The van der Waals surface area contributed by atoms with Crippen LogP contribution in [0, 0.1) is 0 Å². The van der Waals surface area contributed by atoms with Crippen molar-refractivity contribution in [3.8, 4) is 5.75 Å². The lowest BCUT2D eigenvalue weighted by molar-refractivity contribution is 0.229. The number of hydrogen-bond acceptors (Lipinski definition) is 4. The van der Waals surface area contributed by atoms with Crippen molar-refractivity contribution in [2.75, 3.05) is 26.2 Å². The first-order chi connectivity index (χ1) is 17.2. The third kappa shape index (κ3) is 7.66. The third-order valence-corrected chi connectivity index (χ3v) is 8.79. The molecule has 0 aliphatic carbocycles. The molecule has 2 aromatic carbocycles. The van der Waals surface area contributed by atoms with Gasteiger partial charge in [-0.2, -0.15) is 0 Å². The van der Waals surface area contributed by atoms with E-state index in [1.54, 1.807) is 41.9 Å². The second-order valence-corrected chi connectivity index (χ2v) is 12.1. The number of fused-ring (bicyclic) bond motifs is 1. The topological polar surface area (TPSA) is 51.5 Å². The Morgan fingerprint density at radius 1 is 0.946 bits per heavy atom. The molecule has 1 aromatic heterocycles. The van der Waals surface area contributed by atoms with Gasteiger partial charge in [0.1, 0.15) is 10.8 Å². The molecule has 206 valence electrons. The zero-order chi connectivity index (χ0) is 26.3. The number of nitrogens with zero attached hydrogens (tertiary/aromatic N) is 2. The Balaban J connectivity index is 0.00000481. The highest BCUT2D eigenvalue weighted by Gasteiger charge is 2.29. The minimum Gasteiger partial charge on any atom is -0.494 e. The van der Waals surface area contributed by atoms with Crippen molar-refractivity contribution in [3.63, 3.8) is 0 Å². The van der Waals surface area contributed by atoms with E-state index in [2.05, 4.69) is 18.7 Å². The van der Waals surface area contributed by atoms with E-state index in [1.165, 1.54) is 25.7 Å². The van der Waals surface area contributed by atoms with Gasteiger partial charge in [0.05, 0.1) is 11.5 Å². The van der Waals surface area contributed by atoms with E-state index in [4.69, 9.17) is 16.3 Å². The molecule has 0 fully saturated rings. The van der Waals surface area contributed by atoms with Crippen LogP contribution in [-0.4, -0.2) is 44.1 Å². The summed E-state index contributed by atoms with van der Waals surface area (Å²) in [5, 5.41) is 1.80. The van der Waals surface area contributed by atoms with Crippen LogP contribution in [0.2, 0.25) is 5.02 Å². The van der Waals surface area contributed by atoms with Crippen LogP contribution >= 0.6 is 24.0 Å². The normalized spacial score (nSPS) is 11.9. The summed E-state index contributed by atoms with van der Waals surface area (Å²) in [4.78, 5) is 2.79. The van der Waals surface area contributed by atoms with E-state index >= 15 is 0 Å². The largest absolute Gasteiger partial charge is 0.494 e. The summed E-state index contributed by atoms with van der Waals surface area (Å²) in [5.41, 5.74) is 1.65. The minimum atomic E-state index is -3.73. The number of sulfone groups is 1. The van der Waals surface area contributed by atoms with Crippen LogP contribution < -0.4 is 4.74 Å². The van der Waals surface area contributed by atoms with E-state index in [0.29, 0.717) is 22.4 Å². The van der Waals surface area contributed by atoms with Crippen molar-refractivity contribution in [3.05, 3.63) is 53.1 Å². The predicted octanol–water partition coefficient (Wildman–Crippen LogP) is 7.88. The van der Waals surface area contributed by atoms with Crippen LogP contribution in [0.15, 0.2) is 52.4 Å². The van der Waals surface area contributed by atoms with Gasteiger partial charge in [-0.05, 0) is 86.3 Å². The number of benzene rings is 2. The molecule has 0 spiro atoms. The van der Waals surface area contributed by atoms with Gasteiger partial charge < -0.3 is 14.2 Å². The molecular weight excluding hydrogens is 527 g/mol. The maximum Gasteiger partial charge on any atom is 0.222 e. The van der Waals surface area contributed by atoms with Gasteiger partial charge in [0.15, 0.2) is 0 Å². The number of aryl methyl sites for hydroxylation is 1. The van der Waals surface area contributed by atoms with Gasteiger partial charge in [-0.15, -0.1) is 12.4 Å². The zero-order valence-electron chi connectivity index (χ0n) is 22.8. The Bertz CT molecular complexity index is 1230. The summed E-state index contributed by atoms with van der Waals surface area (Å²) in [6, 6.07) is 12.3. The summed E-state index contributed by atoms with van der Waals surface area (Å²) in [5.74, 6) is 0.712. The molecule has 0 aliphatic heterocycles. The fourth-order valence-electron chi connectivity index (χ4n) is 4.71. The molecule has 1 heterocycles. The summed E-state index contributed by atoms with van der Waals surface area (Å²) in [6.07, 6.45) is 5.81. The van der Waals surface area contributed by atoms with Crippen molar-refractivity contribution >= 4 is 44.7 Å². The molecule has 37 heavy (non-hydrogen) atoms. The molecule has 0 aliphatic rings. The maximum absolute atomic E-state index is 13.8. The molecule has 0 saturated carbocycles. The van der Waals surface area contributed by atoms with Gasteiger partial charge in [-0.3, -0.25) is 0 Å². The zero-order valence-corrected chi connectivity index (χ0v) is 25.2. The predicted molar refractivity (Wildman–Crippen MR) is 158 cm³/mol. The van der Waals surface area contributed by atoms with Gasteiger partial charge in [-0.25, -0.2) is 8.42 Å². The van der Waals surface area contributed by atoms with Crippen molar-refractivity contribution in [1.29, 1.82) is 0 Å². The summed E-state index contributed by atoms with van der Waals surface area (Å²) in [7, 11) is -1.93. The van der Waals surface area contributed by atoms with Crippen LogP contribution in [0.5, 0.6) is 5.75 Å². The molecule has 0 radical (unpaired) electrons. The number of aromatic nitrogens is 1. The Hall–Kier alpha value is -1.73. The molecule has 8 heteroatoms. The van der Waals surface area contributed by atoms with Crippen LogP contribution in [-0.2, 0) is 16.9 Å². The lowest BCUT2D eigenvalue weighted by atomic mass is 10.0. The second kappa shape index (κ2) is 14.4. The smallest absolute Gasteiger partial charge is 0.222 e. The van der Waals surface area contributed by atoms with Crippen molar-refractivity contribution in [2.45, 2.75) is 75.6 Å². The van der Waals surface area contributed by atoms with E-state index in [9.17, 15) is 8.42 Å². The molecule has 0 amide bonds. The molecule has 3 aromatic rings. The number of unbranched alkanes of at least 4 members (excludes halogenated alkanes) is 2. The van der Waals surface area contributed by atoms with Crippen molar-refractivity contribution in [1.82, 2.24) is 9.47 Å². The van der Waals surface area contributed by atoms with Gasteiger partial charge in [0, 0.05) is 29.5 Å². The van der Waals surface area contributed by atoms with E-state index in [-0.39, 0.29) is 23.2 Å². The number of halogens is 2. The molecule has 0 unspecified atom stereocenters. The molecule has 3 rings (SSSR count). The van der Waals surface area contributed by atoms with Crippen LogP contribution in [0.1, 0.15) is 71.3 Å². The van der Waals surface area contributed by atoms with E-state index in [1.807, 2.05) is 26.0 Å². The molecule has 0 bridgehead atoms. The molecular formula is C29H42Cl2N2O3S. The Morgan fingerprint density at radius 2 is 1.54 bits per heavy atom. The molecule has 0 N–H and O–H groups in total. The summed E-state index contributed by atoms with van der Waals surface area (Å²) in [6.45, 7) is 12.4. The van der Waals surface area contributed by atoms with Crippen molar-refractivity contribution in [2.24, 2.45) is 7.05 Å². The fraction of sp³-hybridized carbons (Fsp3) is 0.517. The Kier molecular flexibility index (Phi) is 12.3. The van der Waals surface area contributed by atoms with Gasteiger partial charge >= 0.3 is 0 Å². The quantitative estimate of drug-likeness (QED) is 0.185. The van der Waals surface area contributed by atoms with Crippen LogP contribution in [0.25, 0.3) is 10.9 Å². The average Bonchev–Trinajstić information content (AvgIpc) is 3.15. The number of hydrogen-bond donors (Lipinski definition) is 0. The van der Waals surface area contributed by atoms with Gasteiger partial charge in [0.25, 0.3) is 0 Å². The highest BCUT2D eigenvalue weighted by atomic mass is 35.5. The highest BCUT2D eigenvalue weighted by Crippen LogP contribution is 2.38. The first-order valence-electron chi connectivity index (χ1n) is 13.2. The summed E-state index contributed by atoms with van der Waals surface area (Å²) < 4.78 is 35.2.